The first-order valence-electron chi connectivity index (χ1n) is 7.04. The Balaban J connectivity index is 1.57. The number of nitrogens with one attached hydrogen (secondary N) is 1. The van der Waals surface area contributed by atoms with E-state index in [-0.39, 0.29) is 11.9 Å². The number of amides is 1. The lowest BCUT2D eigenvalue weighted by Gasteiger charge is -2.11. The number of hydrogen-bond donors (Lipinski definition) is 1. The van der Waals surface area contributed by atoms with Crippen molar-refractivity contribution in [3.05, 3.63) is 40.8 Å². The number of thiophene rings is 1. The molecule has 3 aromatic rings. The van der Waals surface area contributed by atoms with E-state index in [0.717, 1.165) is 4.88 Å². The van der Waals surface area contributed by atoms with Gasteiger partial charge in [0.2, 0.25) is 5.91 Å². The third kappa shape index (κ3) is 3.65. The summed E-state index contributed by atoms with van der Waals surface area (Å²) >= 11 is 2.98. The number of carbonyl (C=O) groups is 1. The second kappa shape index (κ2) is 7.01. The van der Waals surface area contributed by atoms with Crippen LogP contribution in [-0.4, -0.2) is 26.4 Å². The van der Waals surface area contributed by atoms with E-state index in [4.69, 9.17) is 4.42 Å². The minimum Gasteiger partial charge on any atom is -0.461 e. The Morgan fingerprint density at radius 1 is 1.43 bits per heavy atom. The Hall–Kier alpha value is -2.06. The number of furan rings is 1. The summed E-state index contributed by atoms with van der Waals surface area (Å²) < 4.78 is 7.14. The summed E-state index contributed by atoms with van der Waals surface area (Å²) in [5.74, 6) is 1.56. The van der Waals surface area contributed by atoms with Gasteiger partial charge in [0.25, 0.3) is 0 Å². The Bertz CT molecular complexity index is 766. The normalized spacial score (nSPS) is 12.3. The maximum Gasteiger partial charge on any atom is 0.230 e. The molecule has 0 bridgehead atoms. The molecule has 1 N–H and O–H groups in total. The Kier molecular flexibility index (Phi) is 4.82. The summed E-state index contributed by atoms with van der Waals surface area (Å²) in [5.41, 5.74) is 0. The average molecular weight is 348 g/mol. The summed E-state index contributed by atoms with van der Waals surface area (Å²) in [4.78, 5) is 13.2. The average Bonchev–Trinajstić information content (AvgIpc) is 3.27. The summed E-state index contributed by atoms with van der Waals surface area (Å²) in [5, 5.41) is 13.9. The topological polar surface area (TPSA) is 73.0 Å². The van der Waals surface area contributed by atoms with Crippen LogP contribution in [0.5, 0.6) is 0 Å². The first-order chi connectivity index (χ1) is 11.1. The molecular formula is C15H16N4O2S2. The van der Waals surface area contributed by atoms with Gasteiger partial charge in [-0.05, 0) is 30.5 Å². The lowest BCUT2D eigenvalue weighted by Crippen LogP contribution is -2.27. The molecule has 23 heavy (non-hydrogen) atoms. The van der Waals surface area contributed by atoms with Gasteiger partial charge in [0.1, 0.15) is 0 Å². The van der Waals surface area contributed by atoms with Gasteiger partial charge in [-0.15, -0.1) is 21.5 Å². The molecule has 8 heteroatoms. The molecule has 3 heterocycles. The van der Waals surface area contributed by atoms with E-state index in [1.807, 2.05) is 42.1 Å². The second-order valence-electron chi connectivity index (χ2n) is 4.94. The number of thioether (sulfide) groups is 1. The molecule has 0 aromatic carbocycles. The van der Waals surface area contributed by atoms with Gasteiger partial charge in [-0.25, -0.2) is 0 Å². The standard InChI is InChI=1S/C15H16N4O2S2/c1-10(12-6-4-8-22-12)16-13(20)9-23-15-18-17-14(19(15)2)11-5-3-7-21-11/h3-8,10H,9H2,1-2H3,(H,16,20)/t10-/m0/s1. The maximum atomic E-state index is 12.1. The molecule has 3 aromatic heterocycles. The van der Waals surface area contributed by atoms with Crippen molar-refractivity contribution in [2.24, 2.45) is 7.05 Å². The van der Waals surface area contributed by atoms with Crippen molar-refractivity contribution in [2.45, 2.75) is 18.1 Å². The molecule has 0 radical (unpaired) electrons. The van der Waals surface area contributed by atoms with E-state index in [9.17, 15) is 4.79 Å². The fraction of sp³-hybridized carbons (Fsp3) is 0.267. The highest BCUT2D eigenvalue weighted by Crippen LogP contribution is 2.23. The first-order valence-corrected chi connectivity index (χ1v) is 8.90. The molecule has 0 saturated heterocycles. The van der Waals surface area contributed by atoms with Crippen LogP contribution < -0.4 is 5.32 Å². The van der Waals surface area contributed by atoms with Crippen molar-refractivity contribution < 1.29 is 9.21 Å². The molecule has 3 rings (SSSR count). The van der Waals surface area contributed by atoms with Gasteiger partial charge in [-0.2, -0.15) is 0 Å². The van der Waals surface area contributed by atoms with Gasteiger partial charge in [-0.3, -0.25) is 4.79 Å². The number of nitrogens with zero attached hydrogens (tertiary/aromatic N) is 3. The zero-order chi connectivity index (χ0) is 16.2. The van der Waals surface area contributed by atoms with E-state index < -0.39 is 0 Å². The Morgan fingerprint density at radius 2 is 2.30 bits per heavy atom. The summed E-state index contributed by atoms with van der Waals surface area (Å²) in [7, 11) is 1.85. The summed E-state index contributed by atoms with van der Waals surface area (Å²) in [6.45, 7) is 1.98. The molecule has 0 saturated carbocycles. The van der Waals surface area contributed by atoms with Crippen molar-refractivity contribution >= 4 is 29.0 Å². The van der Waals surface area contributed by atoms with E-state index in [0.29, 0.717) is 22.5 Å². The van der Waals surface area contributed by atoms with Crippen molar-refractivity contribution in [1.82, 2.24) is 20.1 Å². The molecular weight excluding hydrogens is 332 g/mol. The van der Waals surface area contributed by atoms with Crippen LogP contribution in [0, 0.1) is 0 Å². The molecule has 120 valence electrons. The monoisotopic (exact) mass is 348 g/mol. The number of carbonyl (C=O) groups excluding carboxylic acids is 1. The van der Waals surface area contributed by atoms with E-state index in [1.54, 1.807) is 23.7 Å². The zero-order valence-corrected chi connectivity index (χ0v) is 14.4. The molecule has 0 aliphatic rings. The van der Waals surface area contributed by atoms with Crippen LogP contribution in [0.2, 0.25) is 0 Å². The molecule has 0 aliphatic carbocycles. The van der Waals surface area contributed by atoms with Crippen LogP contribution >= 0.6 is 23.1 Å². The third-order valence-corrected chi connectivity index (χ3v) is 5.33. The van der Waals surface area contributed by atoms with Crippen LogP contribution in [0.3, 0.4) is 0 Å². The molecule has 0 fully saturated rings. The predicted octanol–water partition coefficient (Wildman–Crippen LogP) is 3.11. The van der Waals surface area contributed by atoms with E-state index in [1.165, 1.54) is 11.8 Å². The lowest BCUT2D eigenvalue weighted by atomic mass is 10.3. The minimum absolute atomic E-state index is 0.0151. The fourth-order valence-electron chi connectivity index (χ4n) is 2.08. The second-order valence-corrected chi connectivity index (χ2v) is 6.86. The van der Waals surface area contributed by atoms with Crippen LogP contribution in [0.15, 0.2) is 45.5 Å². The Morgan fingerprint density at radius 3 is 3.00 bits per heavy atom. The largest absolute Gasteiger partial charge is 0.461 e. The molecule has 0 aliphatic heterocycles. The number of aromatic nitrogens is 3. The first kappa shape index (κ1) is 15.8. The molecule has 0 spiro atoms. The van der Waals surface area contributed by atoms with Crippen molar-refractivity contribution in [2.75, 3.05) is 5.75 Å². The highest BCUT2D eigenvalue weighted by molar-refractivity contribution is 7.99. The SMILES string of the molecule is C[C@H](NC(=O)CSc1nnc(-c2ccco2)n1C)c1cccs1. The van der Waals surface area contributed by atoms with Crippen molar-refractivity contribution in [3.63, 3.8) is 0 Å². The van der Waals surface area contributed by atoms with Crippen LogP contribution in [0.1, 0.15) is 17.8 Å². The van der Waals surface area contributed by atoms with Gasteiger partial charge in [0.05, 0.1) is 18.1 Å². The third-order valence-electron chi connectivity index (χ3n) is 3.26. The number of hydrogen-bond acceptors (Lipinski definition) is 6. The van der Waals surface area contributed by atoms with Gasteiger partial charge >= 0.3 is 0 Å². The Labute approximate surface area is 141 Å². The summed E-state index contributed by atoms with van der Waals surface area (Å²) in [6.07, 6.45) is 1.59. The maximum absolute atomic E-state index is 12.1. The molecule has 1 amide bonds. The van der Waals surface area contributed by atoms with Gasteiger partial charge in [-0.1, -0.05) is 17.8 Å². The molecule has 6 nitrogen and oxygen atoms in total. The van der Waals surface area contributed by atoms with E-state index >= 15 is 0 Å². The highest BCUT2D eigenvalue weighted by atomic mass is 32.2. The van der Waals surface area contributed by atoms with Crippen LogP contribution in [0.4, 0.5) is 0 Å². The van der Waals surface area contributed by atoms with E-state index in [2.05, 4.69) is 15.5 Å². The van der Waals surface area contributed by atoms with Crippen molar-refractivity contribution in [3.8, 4) is 11.6 Å². The zero-order valence-electron chi connectivity index (χ0n) is 12.7. The van der Waals surface area contributed by atoms with Gasteiger partial charge < -0.3 is 14.3 Å². The van der Waals surface area contributed by atoms with Crippen LogP contribution in [0.25, 0.3) is 11.6 Å². The van der Waals surface area contributed by atoms with Crippen LogP contribution in [-0.2, 0) is 11.8 Å². The van der Waals surface area contributed by atoms with Crippen molar-refractivity contribution in [1.29, 1.82) is 0 Å². The minimum atomic E-state index is -0.0292. The quantitative estimate of drug-likeness (QED) is 0.693. The lowest BCUT2D eigenvalue weighted by molar-refractivity contribution is -0.119. The highest BCUT2D eigenvalue weighted by Gasteiger charge is 2.15. The van der Waals surface area contributed by atoms with Gasteiger partial charge in [0, 0.05) is 11.9 Å². The predicted molar refractivity (Wildman–Crippen MR) is 90.3 cm³/mol. The number of rotatable bonds is 6. The van der Waals surface area contributed by atoms with Gasteiger partial charge in [0.15, 0.2) is 16.7 Å². The fourth-order valence-corrected chi connectivity index (χ4v) is 3.54. The smallest absolute Gasteiger partial charge is 0.230 e. The summed E-state index contributed by atoms with van der Waals surface area (Å²) in [6, 6.07) is 7.64. The molecule has 1 atom stereocenters. The molecule has 0 unspecified atom stereocenters.